The Hall–Kier alpha value is -2.90. The minimum Gasteiger partial charge on any atom is -0.493 e. The van der Waals surface area contributed by atoms with Crippen molar-refractivity contribution in [3.05, 3.63) is 65.7 Å². The summed E-state index contributed by atoms with van der Waals surface area (Å²) in [7, 11) is 1.45. The van der Waals surface area contributed by atoms with E-state index >= 15 is 0 Å². The minimum absolute atomic E-state index is 0.156. The maximum Gasteiger partial charge on any atom is 0.349 e. The number of para-hydroxylation sites is 1. The van der Waals surface area contributed by atoms with Gasteiger partial charge in [-0.1, -0.05) is 12.1 Å². The van der Waals surface area contributed by atoms with E-state index < -0.39 is 11.2 Å². The topological polar surface area (TPSA) is 109 Å². The van der Waals surface area contributed by atoms with Gasteiger partial charge in [0.05, 0.1) is 28.7 Å². The smallest absolute Gasteiger partial charge is 0.349 e. The number of H-pyrrole nitrogens is 1. The lowest BCUT2D eigenvalue weighted by Crippen LogP contribution is -2.32. The molecule has 3 aromatic rings. The zero-order chi connectivity index (χ0) is 20.3. The van der Waals surface area contributed by atoms with E-state index in [1.807, 2.05) is 6.07 Å². The molecule has 0 radical (unpaired) electrons. The van der Waals surface area contributed by atoms with Crippen molar-refractivity contribution in [2.24, 2.45) is 5.10 Å². The Morgan fingerprint density at radius 2 is 2.04 bits per heavy atom. The Morgan fingerprint density at radius 3 is 2.75 bits per heavy atom. The van der Waals surface area contributed by atoms with Gasteiger partial charge in [0.15, 0.2) is 18.1 Å². The number of rotatable bonds is 5. The first-order valence-electron chi connectivity index (χ1n) is 7.82. The van der Waals surface area contributed by atoms with Gasteiger partial charge in [-0.05, 0) is 50.1 Å². The average Bonchev–Trinajstić information content (AvgIpc) is 2.70. The van der Waals surface area contributed by atoms with Crippen LogP contribution in [0.3, 0.4) is 0 Å². The van der Waals surface area contributed by atoms with Crippen molar-refractivity contribution in [3.8, 4) is 17.6 Å². The van der Waals surface area contributed by atoms with Gasteiger partial charge in [0.2, 0.25) is 0 Å². The number of aromatic amines is 1. The van der Waals surface area contributed by atoms with Gasteiger partial charge >= 0.3 is 5.69 Å². The third kappa shape index (κ3) is 3.72. The van der Waals surface area contributed by atoms with Crippen molar-refractivity contribution >= 4 is 49.0 Å². The number of aromatic nitrogens is 2. The molecule has 1 heterocycles. The van der Waals surface area contributed by atoms with E-state index in [0.717, 1.165) is 4.68 Å². The summed E-state index contributed by atoms with van der Waals surface area (Å²) < 4.78 is 12.5. The van der Waals surface area contributed by atoms with Gasteiger partial charge < -0.3 is 14.5 Å². The third-order valence-corrected chi connectivity index (χ3v) is 5.90. The molecule has 0 atom stereocenters. The van der Waals surface area contributed by atoms with Crippen LogP contribution < -0.4 is 20.7 Å². The third-order valence-electron chi connectivity index (χ3n) is 3.75. The monoisotopic (exact) mass is 506 g/mol. The highest BCUT2D eigenvalue weighted by molar-refractivity contribution is 9.13. The summed E-state index contributed by atoms with van der Waals surface area (Å²) in [4.78, 5) is 27.4. The molecule has 0 saturated carbocycles. The van der Waals surface area contributed by atoms with E-state index in [9.17, 15) is 9.59 Å². The number of ether oxygens (including phenoxy) is 2. The van der Waals surface area contributed by atoms with Crippen molar-refractivity contribution < 1.29 is 9.47 Å². The van der Waals surface area contributed by atoms with Gasteiger partial charge in [-0.25, -0.2) is 4.79 Å². The van der Waals surface area contributed by atoms with E-state index in [1.54, 1.807) is 30.3 Å². The van der Waals surface area contributed by atoms with Gasteiger partial charge in [0, 0.05) is 10.0 Å². The normalized spacial score (nSPS) is 10.9. The summed E-state index contributed by atoms with van der Waals surface area (Å²) in [5.41, 5.74) is -0.233. The number of benzene rings is 2. The highest BCUT2D eigenvalue weighted by Gasteiger charge is 2.16. The standard InChI is InChI=1S/C18H12Br2N4O4/c1-27-13-8-10(14(19)15(20)16(13)28-7-6-21)9-22-24-17(25)11-4-2-3-5-12(11)23-18(24)26/h2-5,8-9H,7H2,1H3,(H,23,26). The quantitative estimate of drug-likeness (QED) is 0.534. The van der Waals surface area contributed by atoms with Crippen molar-refractivity contribution in [2.75, 3.05) is 13.7 Å². The van der Waals surface area contributed by atoms with Crippen LogP contribution in [-0.2, 0) is 0 Å². The Kier molecular flexibility index (Phi) is 5.96. The minimum atomic E-state index is -0.656. The van der Waals surface area contributed by atoms with Gasteiger partial charge in [-0.3, -0.25) is 4.79 Å². The molecule has 28 heavy (non-hydrogen) atoms. The zero-order valence-corrected chi connectivity index (χ0v) is 17.6. The number of methoxy groups -OCH3 is 1. The molecular formula is C18H12Br2N4O4. The number of hydrogen-bond donors (Lipinski definition) is 1. The average molecular weight is 508 g/mol. The van der Waals surface area contributed by atoms with Crippen LogP contribution in [0.2, 0.25) is 0 Å². The van der Waals surface area contributed by atoms with E-state index in [-0.39, 0.29) is 6.61 Å². The summed E-state index contributed by atoms with van der Waals surface area (Å²) in [6.07, 6.45) is 1.34. The maximum atomic E-state index is 12.6. The fraction of sp³-hybridized carbons (Fsp3) is 0.111. The molecule has 3 rings (SSSR count). The molecule has 0 aliphatic heterocycles. The molecule has 8 nitrogen and oxygen atoms in total. The summed E-state index contributed by atoms with van der Waals surface area (Å²) >= 11 is 6.79. The molecule has 142 valence electrons. The van der Waals surface area contributed by atoms with Gasteiger partial charge in [-0.15, -0.1) is 4.68 Å². The summed E-state index contributed by atoms with van der Waals surface area (Å²) in [5.74, 6) is 0.695. The summed E-state index contributed by atoms with van der Waals surface area (Å²) in [6, 6.07) is 10.2. The second kappa shape index (κ2) is 8.41. The Bertz CT molecular complexity index is 1240. The van der Waals surface area contributed by atoms with E-state index in [0.29, 0.717) is 36.9 Å². The first-order chi connectivity index (χ1) is 13.5. The number of fused-ring (bicyclic) bond motifs is 1. The number of nitriles is 1. The van der Waals surface area contributed by atoms with Crippen molar-refractivity contribution in [1.82, 2.24) is 9.66 Å². The van der Waals surface area contributed by atoms with Crippen LogP contribution in [0.5, 0.6) is 11.5 Å². The highest BCUT2D eigenvalue weighted by Crippen LogP contribution is 2.42. The molecule has 0 unspecified atom stereocenters. The predicted molar refractivity (Wildman–Crippen MR) is 111 cm³/mol. The largest absolute Gasteiger partial charge is 0.493 e. The van der Waals surface area contributed by atoms with Crippen molar-refractivity contribution in [1.29, 1.82) is 5.26 Å². The molecule has 10 heteroatoms. The zero-order valence-electron chi connectivity index (χ0n) is 14.4. The maximum absolute atomic E-state index is 12.6. The molecular weight excluding hydrogens is 496 g/mol. The SMILES string of the molecule is COc1cc(C=Nn2c(=O)[nH]c3ccccc3c2=O)c(Br)c(Br)c1OCC#N. The fourth-order valence-corrected chi connectivity index (χ4v) is 3.40. The van der Waals surface area contributed by atoms with Crippen molar-refractivity contribution in [2.45, 2.75) is 0 Å². The lowest BCUT2D eigenvalue weighted by molar-refractivity contribution is 0.327. The second-order valence-corrected chi connectivity index (χ2v) is 7.00. The number of nitrogens with one attached hydrogen (secondary N) is 1. The Labute approximate surface area is 175 Å². The predicted octanol–water partition coefficient (Wildman–Crippen LogP) is 3.01. The lowest BCUT2D eigenvalue weighted by Gasteiger charge is -2.13. The molecule has 0 fully saturated rings. The molecule has 0 aliphatic carbocycles. The summed E-state index contributed by atoms with van der Waals surface area (Å²) in [6.45, 7) is -0.156. The van der Waals surface area contributed by atoms with Crippen molar-refractivity contribution in [3.63, 3.8) is 0 Å². The molecule has 0 bridgehead atoms. The summed E-state index contributed by atoms with van der Waals surface area (Å²) in [5, 5.41) is 13.1. The molecule has 0 amide bonds. The van der Waals surface area contributed by atoms with E-state index in [2.05, 4.69) is 41.9 Å². The molecule has 0 aliphatic rings. The first kappa shape index (κ1) is 19.9. The Balaban J connectivity index is 2.10. The highest BCUT2D eigenvalue weighted by atomic mass is 79.9. The molecule has 0 saturated heterocycles. The van der Waals surface area contributed by atoms with Crippen LogP contribution in [0.1, 0.15) is 5.56 Å². The van der Waals surface area contributed by atoms with Crippen LogP contribution in [-0.4, -0.2) is 29.6 Å². The second-order valence-electron chi connectivity index (χ2n) is 5.41. The molecule has 1 N–H and O–H groups in total. The molecule has 2 aromatic carbocycles. The lowest BCUT2D eigenvalue weighted by atomic mass is 10.2. The van der Waals surface area contributed by atoms with Gasteiger partial charge in [0.25, 0.3) is 5.56 Å². The van der Waals surface area contributed by atoms with E-state index in [4.69, 9.17) is 14.7 Å². The molecule has 1 aromatic heterocycles. The van der Waals surface area contributed by atoms with Crippen LogP contribution in [0.4, 0.5) is 0 Å². The number of hydrogen-bond acceptors (Lipinski definition) is 6. The first-order valence-corrected chi connectivity index (χ1v) is 9.40. The number of halogens is 2. The van der Waals surface area contributed by atoms with Gasteiger partial charge in [-0.2, -0.15) is 10.4 Å². The van der Waals surface area contributed by atoms with Gasteiger partial charge in [0.1, 0.15) is 6.07 Å². The van der Waals surface area contributed by atoms with Crippen LogP contribution in [0, 0.1) is 11.3 Å². The van der Waals surface area contributed by atoms with E-state index in [1.165, 1.54) is 13.3 Å². The van der Waals surface area contributed by atoms with Crippen LogP contribution in [0.15, 0.2) is 54.0 Å². The molecule has 0 spiro atoms. The fourth-order valence-electron chi connectivity index (χ4n) is 2.47. The number of nitrogens with zero attached hydrogens (tertiary/aromatic N) is 3. The van der Waals surface area contributed by atoms with Crippen LogP contribution >= 0.6 is 31.9 Å². The Morgan fingerprint density at radius 1 is 1.29 bits per heavy atom. The van der Waals surface area contributed by atoms with Crippen LogP contribution in [0.25, 0.3) is 10.9 Å².